The number of anilines is 1. The number of para-hydroxylation sites is 1. The molecule has 0 spiro atoms. The Balaban J connectivity index is 1.27. The highest BCUT2D eigenvalue weighted by molar-refractivity contribution is 5.90. The maximum absolute atomic E-state index is 13.7. The molecule has 3 N–H and O–H groups in total. The number of fused-ring (bicyclic) bond motifs is 1. The zero-order valence-electron chi connectivity index (χ0n) is 21.7. The molecule has 5 atom stereocenters. The zero-order chi connectivity index (χ0) is 25.9. The van der Waals surface area contributed by atoms with Crippen molar-refractivity contribution in [2.45, 2.75) is 62.8 Å². The van der Waals surface area contributed by atoms with Crippen molar-refractivity contribution in [1.82, 2.24) is 15.3 Å². The molecule has 3 aliphatic heterocycles. The van der Waals surface area contributed by atoms with Crippen LogP contribution in [0.3, 0.4) is 0 Å². The lowest BCUT2D eigenvalue weighted by Gasteiger charge is -2.45. The van der Waals surface area contributed by atoms with Crippen molar-refractivity contribution in [3.63, 3.8) is 0 Å². The number of benzene rings is 2. The largest absolute Gasteiger partial charge is 0.382 e. The van der Waals surface area contributed by atoms with Gasteiger partial charge in [-0.15, -0.1) is 0 Å². The summed E-state index contributed by atoms with van der Waals surface area (Å²) in [6.07, 6.45) is 2.70. The highest BCUT2D eigenvalue weighted by Gasteiger charge is 2.45. The summed E-state index contributed by atoms with van der Waals surface area (Å²) < 4.78 is 6.59. The molecule has 8 nitrogen and oxygen atoms in total. The molecule has 0 bridgehead atoms. The van der Waals surface area contributed by atoms with Gasteiger partial charge in [-0.3, -0.25) is 19.7 Å². The normalized spacial score (nSPS) is 28.7. The molecule has 2 amide bonds. The lowest BCUT2D eigenvalue weighted by atomic mass is 9.84. The van der Waals surface area contributed by atoms with Gasteiger partial charge in [0.1, 0.15) is 6.04 Å². The molecule has 2 saturated heterocycles. The maximum atomic E-state index is 13.7. The minimum absolute atomic E-state index is 0.0399. The van der Waals surface area contributed by atoms with Crippen molar-refractivity contribution < 1.29 is 19.5 Å². The number of nitrogens with zero attached hydrogens (tertiary/aromatic N) is 2. The smallest absolute Gasteiger partial charge is 0.248 e. The number of likely N-dealkylation sites (tertiary alicyclic amines) is 2. The van der Waals surface area contributed by atoms with Gasteiger partial charge in [0.05, 0.1) is 18.1 Å². The van der Waals surface area contributed by atoms with Crippen LogP contribution in [-0.4, -0.2) is 71.7 Å². The van der Waals surface area contributed by atoms with Crippen LogP contribution in [0.5, 0.6) is 0 Å². The molecule has 37 heavy (non-hydrogen) atoms. The monoisotopic (exact) mass is 506 g/mol. The van der Waals surface area contributed by atoms with E-state index < -0.39 is 17.9 Å². The Hall–Kier alpha value is -2.94. The van der Waals surface area contributed by atoms with Gasteiger partial charge in [-0.1, -0.05) is 48.5 Å². The molecule has 0 aromatic heterocycles. The molecular weight excluding hydrogens is 468 g/mol. The highest BCUT2D eigenvalue weighted by Crippen LogP contribution is 2.38. The van der Waals surface area contributed by atoms with Crippen molar-refractivity contribution in [3.8, 4) is 0 Å². The number of rotatable bonds is 5. The van der Waals surface area contributed by atoms with Gasteiger partial charge in [0.2, 0.25) is 11.8 Å². The second-order valence-corrected chi connectivity index (χ2v) is 10.8. The standard InChI is InChI=1S/C29H38N4O4/c1-19-16-26(23-10-6-7-11-25(23)30-19)37-22-17-24(28(34)31-36)27(32(2)18-22)29(35)33-14-12-21(13-15-33)20-8-4-3-5-9-20/h3-11,19,21-22,24,26-27,30,36H,12-18H2,1-2H3,(H,31,34)/t19?,22-,24-,26?,27-/m0/s1. The summed E-state index contributed by atoms with van der Waals surface area (Å²) >= 11 is 0. The first kappa shape index (κ1) is 25.7. The average Bonchev–Trinajstić information content (AvgIpc) is 2.92. The van der Waals surface area contributed by atoms with Crippen LogP contribution < -0.4 is 10.8 Å². The number of hydroxylamine groups is 1. The number of hydrogen-bond donors (Lipinski definition) is 3. The zero-order valence-corrected chi connectivity index (χ0v) is 21.7. The van der Waals surface area contributed by atoms with Crippen LogP contribution in [0.2, 0.25) is 0 Å². The minimum Gasteiger partial charge on any atom is -0.382 e. The van der Waals surface area contributed by atoms with E-state index in [0.717, 1.165) is 30.5 Å². The van der Waals surface area contributed by atoms with E-state index in [4.69, 9.17) is 4.74 Å². The first-order valence-electron chi connectivity index (χ1n) is 13.4. The van der Waals surface area contributed by atoms with E-state index in [-0.39, 0.29) is 24.2 Å². The van der Waals surface area contributed by atoms with Crippen LogP contribution in [-0.2, 0) is 14.3 Å². The Morgan fingerprint density at radius 2 is 1.73 bits per heavy atom. The van der Waals surface area contributed by atoms with Gasteiger partial charge in [-0.2, -0.15) is 0 Å². The first-order valence-corrected chi connectivity index (χ1v) is 13.4. The molecule has 3 aliphatic rings. The summed E-state index contributed by atoms with van der Waals surface area (Å²) in [7, 11) is 1.88. The Bertz CT molecular complexity index is 1090. The molecule has 3 heterocycles. The van der Waals surface area contributed by atoms with Crippen molar-refractivity contribution in [3.05, 3.63) is 65.7 Å². The van der Waals surface area contributed by atoms with Gasteiger partial charge >= 0.3 is 0 Å². The van der Waals surface area contributed by atoms with E-state index in [1.807, 2.05) is 40.5 Å². The predicted octanol–water partition coefficient (Wildman–Crippen LogP) is 3.55. The SMILES string of the molecule is CC1CC(O[C@H]2C[C@H](C(=O)NO)[C@@H](C(=O)N3CCC(c4ccccc4)CC3)N(C)C2)c2ccccc2N1. The summed E-state index contributed by atoms with van der Waals surface area (Å²) in [6.45, 7) is 4.02. The Kier molecular flexibility index (Phi) is 7.79. The van der Waals surface area contributed by atoms with E-state index >= 15 is 0 Å². The Morgan fingerprint density at radius 3 is 2.46 bits per heavy atom. The third-order valence-electron chi connectivity index (χ3n) is 8.28. The summed E-state index contributed by atoms with van der Waals surface area (Å²) in [5.74, 6) is -0.819. The van der Waals surface area contributed by atoms with Gasteiger partial charge in [0, 0.05) is 36.9 Å². The summed E-state index contributed by atoms with van der Waals surface area (Å²) in [6, 6.07) is 18.3. The molecule has 0 radical (unpaired) electrons. The molecule has 8 heteroatoms. The van der Waals surface area contributed by atoms with Gasteiger partial charge in [0.25, 0.3) is 0 Å². The minimum atomic E-state index is -0.692. The number of piperidine rings is 2. The van der Waals surface area contributed by atoms with Crippen LogP contribution in [0.1, 0.15) is 55.8 Å². The summed E-state index contributed by atoms with van der Waals surface area (Å²) in [5, 5.41) is 13.0. The van der Waals surface area contributed by atoms with E-state index in [1.54, 1.807) is 0 Å². The predicted molar refractivity (Wildman–Crippen MR) is 141 cm³/mol. The fourth-order valence-corrected chi connectivity index (χ4v) is 6.41. The number of likely N-dealkylation sites (N-methyl/N-ethyl adjacent to an activating group) is 1. The average molecular weight is 507 g/mol. The van der Waals surface area contributed by atoms with Crippen LogP contribution >= 0.6 is 0 Å². The maximum Gasteiger partial charge on any atom is 0.248 e. The van der Waals surface area contributed by atoms with Crippen LogP contribution in [0, 0.1) is 5.92 Å². The molecule has 0 saturated carbocycles. The molecule has 2 aromatic rings. The number of carbonyl (C=O) groups is 2. The van der Waals surface area contributed by atoms with Crippen LogP contribution in [0.4, 0.5) is 5.69 Å². The lowest BCUT2D eigenvalue weighted by molar-refractivity contribution is -0.156. The Morgan fingerprint density at radius 1 is 1.03 bits per heavy atom. The molecular formula is C29H38N4O4. The van der Waals surface area contributed by atoms with E-state index in [9.17, 15) is 14.8 Å². The molecule has 198 valence electrons. The molecule has 0 aliphatic carbocycles. The number of nitrogens with one attached hydrogen (secondary N) is 2. The molecule has 2 aromatic carbocycles. The summed E-state index contributed by atoms with van der Waals surface area (Å²) in [4.78, 5) is 30.4. The third-order valence-corrected chi connectivity index (χ3v) is 8.28. The van der Waals surface area contributed by atoms with E-state index in [0.29, 0.717) is 32.0 Å². The number of amides is 2. The number of carbonyl (C=O) groups excluding carboxylic acids is 2. The van der Waals surface area contributed by atoms with Gasteiger partial charge < -0.3 is 15.0 Å². The highest BCUT2D eigenvalue weighted by atomic mass is 16.5. The van der Waals surface area contributed by atoms with Crippen molar-refractivity contribution in [2.75, 3.05) is 32.0 Å². The van der Waals surface area contributed by atoms with Gasteiger partial charge in [0.15, 0.2) is 0 Å². The number of ether oxygens (including phenoxy) is 1. The van der Waals surface area contributed by atoms with Crippen molar-refractivity contribution in [2.24, 2.45) is 5.92 Å². The number of hydrogen-bond acceptors (Lipinski definition) is 6. The second kappa shape index (κ2) is 11.2. The molecule has 2 unspecified atom stereocenters. The topological polar surface area (TPSA) is 94.1 Å². The molecule has 2 fully saturated rings. The van der Waals surface area contributed by atoms with Crippen LogP contribution in [0.25, 0.3) is 0 Å². The summed E-state index contributed by atoms with van der Waals surface area (Å²) in [5.41, 5.74) is 5.32. The van der Waals surface area contributed by atoms with Crippen molar-refractivity contribution >= 4 is 17.5 Å². The van der Waals surface area contributed by atoms with Crippen molar-refractivity contribution in [1.29, 1.82) is 0 Å². The quantitative estimate of drug-likeness (QED) is 0.424. The first-order chi connectivity index (χ1) is 17.9. The molecule has 5 rings (SSSR count). The Labute approximate surface area is 218 Å². The lowest BCUT2D eigenvalue weighted by Crippen LogP contribution is -2.60. The van der Waals surface area contributed by atoms with Crippen LogP contribution in [0.15, 0.2) is 54.6 Å². The fourth-order valence-electron chi connectivity index (χ4n) is 6.41. The van der Waals surface area contributed by atoms with Gasteiger partial charge in [-0.05, 0) is 57.2 Å². The van der Waals surface area contributed by atoms with Gasteiger partial charge in [-0.25, -0.2) is 5.48 Å². The van der Waals surface area contributed by atoms with E-state index in [2.05, 4.69) is 48.6 Å². The fraction of sp³-hybridized carbons (Fsp3) is 0.517. The third kappa shape index (κ3) is 5.51. The van der Waals surface area contributed by atoms with E-state index in [1.165, 1.54) is 5.56 Å². The second-order valence-electron chi connectivity index (χ2n) is 10.8.